The van der Waals surface area contributed by atoms with E-state index in [1.54, 1.807) is 0 Å². The van der Waals surface area contributed by atoms with Crippen LogP contribution >= 0.6 is 0 Å². The van der Waals surface area contributed by atoms with Gasteiger partial charge in [-0.15, -0.1) is 0 Å². The lowest BCUT2D eigenvalue weighted by Gasteiger charge is -2.23. The van der Waals surface area contributed by atoms with Gasteiger partial charge in [0.15, 0.2) is 0 Å². The Morgan fingerprint density at radius 3 is 1.68 bits per heavy atom. The quantitative estimate of drug-likeness (QED) is 0.243. The Hall–Kier alpha value is -2.65. The monoisotopic (exact) mass is 436 g/mol. The van der Waals surface area contributed by atoms with Crippen molar-refractivity contribution in [2.75, 3.05) is 29.0 Å². The van der Waals surface area contributed by atoms with Crippen molar-refractivity contribution in [3.05, 3.63) is 0 Å². The highest BCUT2D eigenvalue weighted by atomic mass is 16.4. The van der Waals surface area contributed by atoms with E-state index in [-0.39, 0.29) is 12.8 Å². The number of aromatic nitrogens is 3. The van der Waals surface area contributed by atoms with Gasteiger partial charge in [-0.05, 0) is 38.5 Å². The number of rotatable bonds is 16. The van der Waals surface area contributed by atoms with Crippen LogP contribution in [0.1, 0.15) is 83.5 Å². The molecule has 0 atom stereocenters. The highest BCUT2D eigenvalue weighted by molar-refractivity contribution is 5.66. The van der Waals surface area contributed by atoms with Gasteiger partial charge in [-0.1, -0.05) is 32.1 Å². The second-order valence-electron chi connectivity index (χ2n) is 8.05. The minimum atomic E-state index is -0.762. The molecule has 0 bridgehead atoms. The van der Waals surface area contributed by atoms with Crippen LogP contribution in [-0.4, -0.2) is 56.2 Å². The van der Waals surface area contributed by atoms with Gasteiger partial charge in [0.05, 0.1) is 0 Å². The van der Waals surface area contributed by atoms with E-state index in [1.165, 1.54) is 19.3 Å². The van der Waals surface area contributed by atoms with Crippen molar-refractivity contribution in [1.29, 1.82) is 0 Å². The number of carboxylic acids is 2. The molecule has 0 spiro atoms. The molecule has 5 N–H and O–H groups in total. The number of carbonyl (C=O) groups is 2. The van der Waals surface area contributed by atoms with Crippen molar-refractivity contribution in [2.24, 2.45) is 0 Å². The zero-order valence-electron chi connectivity index (χ0n) is 18.2. The molecule has 2 rings (SSSR count). The van der Waals surface area contributed by atoms with Crippen molar-refractivity contribution < 1.29 is 19.8 Å². The van der Waals surface area contributed by atoms with Crippen molar-refractivity contribution >= 4 is 29.8 Å². The first kappa shape index (κ1) is 24.6. The molecule has 10 nitrogen and oxygen atoms in total. The Bertz CT molecular complexity index is 638. The number of unbranched alkanes of at least 4 members (excludes halogenated alkanes) is 4. The Labute approximate surface area is 183 Å². The third-order valence-electron chi connectivity index (χ3n) is 5.27. The number of nitrogens with zero attached hydrogens (tertiary/aromatic N) is 3. The first-order valence-corrected chi connectivity index (χ1v) is 11.5. The Kier molecular flexibility index (Phi) is 11.4. The van der Waals surface area contributed by atoms with Gasteiger partial charge in [0.2, 0.25) is 17.8 Å². The zero-order chi connectivity index (χ0) is 22.3. The first-order valence-electron chi connectivity index (χ1n) is 11.5. The lowest BCUT2D eigenvalue weighted by atomic mass is 9.96. The SMILES string of the molecule is O=C(O)CCCCCNc1nc(NCCCCCC(=O)O)nc(NC2CCCCC2)n1. The molecule has 1 heterocycles. The third kappa shape index (κ3) is 11.4. The minimum Gasteiger partial charge on any atom is -0.481 e. The van der Waals surface area contributed by atoms with Crippen LogP contribution in [0.3, 0.4) is 0 Å². The number of nitrogens with one attached hydrogen (secondary N) is 3. The average molecular weight is 437 g/mol. The zero-order valence-corrected chi connectivity index (χ0v) is 18.2. The number of carboxylic acid groups (broad SMARTS) is 2. The van der Waals surface area contributed by atoms with E-state index in [1.807, 2.05) is 0 Å². The van der Waals surface area contributed by atoms with Gasteiger partial charge < -0.3 is 26.2 Å². The van der Waals surface area contributed by atoms with Crippen LogP contribution in [0.5, 0.6) is 0 Å². The second-order valence-corrected chi connectivity index (χ2v) is 8.05. The van der Waals surface area contributed by atoms with E-state index in [0.717, 1.165) is 38.5 Å². The Morgan fingerprint density at radius 2 is 1.19 bits per heavy atom. The van der Waals surface area contributed by atoms with Crippen LogP contribution in [0.4, 0.5) is 17.8 Å². The predicted octanol–water partition coefficient (Wildman–Crippen LogP) is 3.73. The highest BCUT2D eigenvalue weighted by Crippen LogP contribution is 2.21. The number of hydrogen-bond acceptors (Lipinski definition) is 8. The van der Waals surface area contributed by atoms with Gasteiger partial charge >= 0.3 is 11.9 Å². The summed E-state index contributed by atoms with van der Waals surface area (Å²) in [6.45, 7) is 1.34. The summed E-state index contributed by atoms with van der Waals surface area (Å²) in [7, 11) is 0. The Balaban J connectivity index is 1.85. The number of hydrogen-bond donors (Lipinski definition) is 5. The molecule has 31 heavy (non-hydrogen) atoms. The fourth-order valence-corrected chi connectivity index (χ4v) is 3.58. The van der Waals surface area contributed by atoms with Crippen LogP contribution in [0.2, 0.25) is 0 Å². The van der Waals surface area contributed by atoms with Gasteiger partial charge in [0.25, 0.3) is 0 Å². The molecular formula is C21H36N6O4. The fraction of sp³-hybridized carbons (Fsp3) is 0.762. The molecule has 174 valence electrons. The summed E-state index contributed by atoms with van der Waals surface area (Å²) >= 11 is 0. The van der Waals surface area contributed by atoms with Crippen LogP contribution in [0.25, 0.3) is 0 Å². The third-order valence-corrected chi connectivity index (χ3v) is 5.27. The summed E-state index contributed by atoms with van der Waals surface area (Å²) in [4.78, 5) is 34.6. The van der Waals surface area contributed by atoms with Crippen LogP contribution in [0, 0.1) is 0 Å². The van der Waals surface area contributed by atoms with Crippen molar-refractivity contribution in [3.63, 3.8) is 0 Å². The number of aliphatic carboxylic acids is 2. The molecule has 1 fully saturated rings. The molecule has 0 unspecified atom stereocenters. The molecule has 1 aromatic rings. The predicted molar refractivity (Wildman–Crippen MR) is 120 cm³/mol. The molecule has 0 aliphatic heterocycles. The summed E-state index contributed by atoms with van der Waals surface area (Å²) < 4.78 is 0. The molecule has 10 heteroatoms. The van der Waals surface area contributed by atoms with E-state index >= 15 is 0 Å². The maximum absolute atomic E-state index is 10.6. The van der Waals surface area contributed by atoms with Crippen molar-refractivity contribution in [2.45, 2.75) is 89.5 Å². The van der Waals surface area contributed by atoms with Crippen LogP contribution < -0.4 is 16.0 Å². The van der Waals surface area contributed by atoms with Gasteiger partial charge in [-0.2, -0.15) is 15.0 Å². The topological polar surface area (TPSA) is 149 Å². The Morgan fingerprint density at radius 1 is 0.710 bits per heavy atom. The average Bonchev–Trinajstić information content (AvgIpc) is 2.73. The van der Waals surface area contributed by atoms with Crippen LogP contribution in [-0.2, 0) is 9.59 Å². The molecule has 1 saturated carbocycles. The molecule has 1 aromatic heterocycles. The number of anilines is 3. The highest BCUT2D eigenvalue weighted by Gasteiger charge is 2.15. The van der Waals surface area contributed by atoms with E-state index in [0.29, 0.717) is 49.8 Å². The first-order chi connectivity index (χ1) is 15.0. The molecule has 0 amide bonds. The molecule has 0 saturated heterocycles. The van der Waals surface area contributed by atoms with Gasteiger partial charge in [0.1, 0.15) is 0 Å². The van der Waals surface area contributed by atoms with Gasteiger partial charge in [0, 0.05) is 32.0 Å². The summed E-state index contributed by atoms with van der Waals surface area (Å²) in [6.07, 6.45) is 11.0. The molecule has 0 radical (unpaired) electrons. The molecular weight excluding hydrogens is 400 g/mol. The van der Waals surface area contributed by atoms with E-state index < -0.39 is 11.9 Å². The van der Waals surface area contributed by atoms with Gasteiger partial charge in [-0.3, -0.25) is 9.59 Å². The molecule has 1 aliphatic carbocycles. The summed E-state index contributed by atoms with van der Waals surface area (Å²) in [6, 6.07) is 0.379. The van der Waals surface area contributed by atoms with Crippen LogP contribution in [0.15, 0.2) is 0 Å². The smallest absolute Gasteiger partial charge is 0.303 e. The largest absolute Gasteiger partial charge is 0.481 e. The van der Waals surface area contributed by atoms with E-state index in [2.05, 4.69) is 30.9 Å². The normalized spacial score (nSPS) is 14.2. The summed E-state index contributed by atoms with van der Waals surface area (Å²) in [5.74, 6) is 0.0357. The van der Waals surface area contributed by atoms with Gasteiger partial charge in [-0.25, -0.2) is 0 Å². The second kappa shape index (κ2) is 14.4. The van der Waals surface area contributed by atoms with Crippen molar-refractivity contribution in [3.8, 4) is 0 Å². The lowest BCUT2D eigenvalue weighted by Crippen LogP contribution is -2.24. The maximum atomic E-state index is 10.6. The van der Waals surface area contributed by atoms with E-state index in [9.17, 15) is 9.59 Å². The fourth-order valence-electron chi connectivity index (χ4n) is 3.58. The molecule has 0 aromatic carbocycles. The summed E-state index contributed by atoms with van der Waals surface area (Å²) in [5, 5.41) is 27.3. The maximum Gasteiger partial charge on any atom is 0.303 e. The van der Waals surface area contributed by atoms with E-state index in [4.69, 9.17) is 10.2 Å². The minimum absolute atomic E-state index is 0.196. The van der Waals surface area contributed by atoms with Crippen molar-refractivity contribution in [1.82, 2.24) is 15.0 Å². The lowest BCUT2D eigenvalue weighted by molar-refractivity contribution is -0.138. The molecule has 1 aliphatic rings. The summed E-state index contributed by atoms with van der Waals surface area (Å²) in [5.41, 5.74) is 0. The standard InChI is InChI=1S/C21H36N6O4/c28-17(29)12-6-2-8-14-22-19-25-20(23-15-9-3-7-13-18(30)31)27-21(26-19)24-16-10-4-1-5-11-16/h16H,1-15H2,(H,28,29)(H,30,31)(H3,22,23,24,25,26,27).